The number of carboxylic acids is 1. The number of benzene rings is 1. The lowest BCUT2D eigenvalue weighted by molar-refractivity contribution is -0.140. The van der Waals surface area contributed by atoms with Gasteiger partial charge in [0.25, 0.3) is 5.91 Å². The second kappa shape index (κ2) is 6.74. The van der Waals surface area contributed by atoms with Crippen molar-refractivity contribution in [2.75, 3.05) is 6.54 Å². The first-order valence-corrected chi connectivity index (χ1v) is 7.70. The number of hydrogen-bond donors (Lipinski definition) is 1. The number of carbonyl (C=O) groups is 2. The first kappa shape index (κ1) is 15.5. The highest BCUT2D eigenvalue weighted by Gasteiger charge is 2.40. The molecule has 1 aromatic carbocycles. The molecule has 1 aromatic rings. The van der Waals surface area contributed by atoms with Crippen molar-refractivity contribution in [3.8, 4) is 0 Å². The third kappa shape index (κ3) is 3.09. The summed E-state index contributed by atoms with van der Waals surface area (Å²) in [6, 6.07) is 6.79. The zero-order chi connectivity index (χ0) is 15.4. The smallest absolute Gasteiger partial charge is 0.313 e. The molecule has 0 radical (unpaired) electrons. The van der Waals surface area contributed by atoms with Crippen LogP contribution in [0.1, 0.15) is 61.4 Å². The van der Waals surface area contributed by atoms with Crippen LogP contribution in [-0.4, -0.2) is 34.5 Å². The lowest BCUT2D eigenvalue weighted by Gasteiger charge is -2.38. The van der Waals surface area contributed by atoms with Crippen LogP contribution in [-0.2, 0) is 4.79 Å². The van der Waals surface area contributed by atoms with Crippen molar-refractivity contribution in [1.29, 1.82) is 0 Å². The molecule has 2 unspecified atom stereocenters. The van der Waals surface area contributed by atoms with Gasteiger partial charge < -0.3 is 10.0 Å². The predicted molar refractivity (Wildman–Crippen MR) is 81.5 cm³/mol. The first-order chi connectivity index (χ1) is 10.1. The fraction of sp³-hybridized carbons (Fsp3) is 0.529. The van der Waals surface area contributed by atoms with Gasteiger partial charge in [0.15, 0.2) is 0 Å². The number of hydrogen-bond acceptors (Lipinski definition) is 2. The predicted octanol–water partition coefficient (Wildman–Crippen LogP) is 3.28. The molecule has 0 bridgehead atoms. The molecule has 114 valence electrons. The molecular formula is C17H23NO3. The summed E-state index contributed by atoms with van der Waals surface area (Å²) >= 11 is 0. The van der Waals surface area contributed by atoms with Crippen LogP contribution in [0.5, 0.6) is 0 Å². The highest BCUT2D eigenvalue weighted by atomic mass is 16.4. The second-order valence-electron chi connectivity index (χ2n) is 5.70. The molecule has 0 spiro atoms. The van der Waals surface area contributed by atoms with Gasteiger partial charge in [0.2, 0.25) is 0 Å². The zero-order valence-corrected chi connectivity index (χ0v) is 12.7. The Labute approximate surface area is 125 Å². The topological polar surface area (TPSA) is 57.6 Å². The molecule has 21 heavy (non-hydrogen) atoms. The quantitative estimate of drug-likeness (QED) is 0.818. The van der Waals surface area contributed by atoms with Crippen LogP contribution in [0.2, 0.25) is 0 Å². The van der Waals surface area contributed by atoms with Crippen LogP contribution in [0.25, 0.3) is 0 Å². The molecule has 0 fully saturated rings. The molecule has 1 amide bonds. The number of rotatable bonds is 6. The molecule has 1 aliphatic heterocycles. The molecule has 1 heterocycles. The number of carboxylic acid groups (broad SMARTS) is 1. The van der Waals surface area contributed by atoms with Crippen molar-refractivity contribution < 1.29 is 14.7 Å². The van der Waals surface area contributed by atoms with Gasteiger partial charge in [-0.1, -0.05) is 44.4 Å². The van der Waals surface area contributed by atoms with Gasteiger partial charge in [-0.05, 0) is 25.0 Å². The number of aliphatic carboxylic acids is 1. The SMILES string of the molecule is CCCCCCN1C(=O)c2ccccc2C(C(=O)O)C1C. The van der Waals surface area contributed by atoms with E-state index in [1.54, 1.807) is 29.2 Å². The van der Waals surface area contributed by atoms with E-state index < -0.39 is 11.9 Å². The minimum absolute atomic E-state index is 0.0351. The standard InChI is InChI=1S/C17H23NO3/c1-3-4-5-8-11-18-12(2)15(17(20)21)13-9-6-7-10-14(13)16(18)19/h6-7,9-10,12,15H,3-5,8,11H2,1-2H3,(H,20,21). The summed E-state index contributed by atoms with van der Waals surface area (Å²) in [5.41, 5.74) is 1.19. The number of carbonyl (C=O) groups excluding carboxylic acids is 1. The molecule has 0 aliphatic carbocycles. The largest absolute Gasteiger partial charge is 0.481 e. The van der Waals surface area contributed by atoms with Gasteiger partial charge in [-0.3, -0.25) is 9.59 Å². The van der Waals surface area contributed by atoms with Crippen molar-refractivity contribution in [3.63, 3.8) is 0 Å². The van der Waals surface area contributed by atoms with Crippen molar-refractivity contribution in [1.82, 2.24) is 4.90 Å². The Morgan fingerprint density at radius 2 is 1.95 bits per heavy atom. The highest BCUT2D eigenvalue weighted by Crippen LogP contribution is 2.33. The lowest BCUT2D eigenvalue weighted by Crippen LogP contribution is -2.49. The number of amides is 1. The Balaban J connectivity index is 2.24. The normalized spacial score (nSPS) is 21.2. The van der Waals surface area contributed by atoms with Crippen molar-refractivity contribution in [2.24, 2.45) is 0 Å². The monoisotopic (exact) mass is 289 g/mol. The van der Waals surface area contributed by atoms with E-state index in [2.05, 4.69) is 6.92 Å². The van der Waals surface area contributed by atoms with Crippen LogP contribution in [0.3, 0.4) is 0 Å². The Morgan fingerprint density at radius 1 is 1.24 bits per heavy atom. The summed E-state index contributed by atoms with van der Waals surface area (Å²) in [6.45, 7) is 4.62. The average Bonchev–Trinajstić information content (AvgIpc) is 2.46. The van der Waals surface area contributed by atoms with E-state index >= 15 is 0 Å². The minimum atomic E-state index is -0.860. The zero-order valence-electron chi connectivity index (χ0n) is 12.7. The minimum Gasteiger partial charge on any atom is -0.481 e. The van der Waals surface area contributed by atoms with Crippen LogP contribution in [0, 0.1) is 0 Å². The maximum atomic E-state index is 12.6. The fourth-order valence-corrected chi connectivity index (χ4v) is 3.10. The average molecular weight is 289 g/mol. The van der Waals surface area contributed by atoms with Crippen LogP contribution < -0.4 is 0 Å². The molecule has 1 N–H and O–H groups in total. The number of fused-ring (bicyclic) bond motifs is 1. The summed E-state index contributed by atoms with van der Waals surface area (Å²) in [7, 11) is 0. The third-order valence-corrected chi connectivity index (χ3v) is 4.28. The molecule has 1 aliphatic rings. The van der Waals surface area contributed by atoms with Gasteiger partial charge >= 0.3 is 5.97 Å². The summed E-state index contributed by atoms with van der Waals surface area (Å²) < 4.78 is 0. The van der Waals surface area contributed by atoms with Gasteiger partial charge in [-0.15, -0.1) is 0 Å². The van der Waals surface area contributed by atoms with E-state index in [1.165, 1.54) is 0 Å². The molecule has 0 aromatic heterocycles. The van der Waals surface area contributed by atoms with Crippen molar-refractivity contribution in [2.45, 2.75) is 51.5 Å². The van der Waals surface area contributed by atoms with E-state index in [0.29, 0.717) is 17.7 Å². The van der Waals surface area contributed by atoms with E-state index in [1.807, 2.05) is 6.92 Å². The van der Waals surface area contributed by atoms with Crippen LogP contribution in [0.4, 0.5) is 0 Å². The Morgan fingerprint density at radius 3 is 2.62 bits per heavy atom. The van der Waals surface area contributed by atoms with Crippen molar-refractivity contribution in [3.05, 3.63) is 35.4 Å². The van der Waals surface area contributed by atoms with E-state index in [4.69, 9.17) is 0 Å². The van der Waals surface area contributed by atoms with Crippen LogP contribution >= 0.6 is 0 Å². The molecule has 2 rings (SSSR count). The van der Waals surface area contributed by atoms with Gasteiger partial charge in [-0.25, -0.2) is 0 Å². The molecular weight excluding hydrogens is 266 g/mol. The molecule has 4 heteroatoms. The Bertz CT molecular complexity index is 527. The maximum Gasteiger partial charge on any atom is 0.313 e. The lowest BCUT2D eigenvalue weighted by atomic mass is 9.83. The van der Waals surface area contributed by atoms with E-state index in [-0.39, 0.29) is 11.9 Å². The second-order valence-corrected chi connectivity index (χ2v) is 5.70. The van der Waals surface area contributed by atoms with E-state index in [0.717, 1.165) is 25.7 Å². The van der Waals surface area contributed by atoms with Gasteiger partial charge in [-0.2, -0.15) is 0 Å². The van der Waals surface area contributed by atoms with Gasteiger partial charge in [0.05, 0.1) is 0 Å². The summed E-state index contributed by atoms with van der Waals surface area (Å²) in [6.07, 6.45) is 4.30. The summed E-state index contributed by atoms with van der Waals surface area (Å²) in [5.74, 6) is -1.53. The molecule has 4 nitrogen and oxygen atoms in total. The number of nitrogens with zero attached hydrogens (tertiary/aromatic N) is 1. The fourth-order valence-electron chi connectivity index (χ4n) is 3.10. The Kier molecular flexibility index (Phi) is 4.99. The Hall–Kier alpha value is -1.84. The molecule has 0 saturated carbocycles. The summed E-state index contributed by atoms with van der Waals surface area (Å²) in [5, 5.41) is 9.53. The summed E-state index contributed by atoms with van der Waals surface area (Å²) in [4.78, 5) is 25.9. The van der Waals surface area contributed by atoms with E-state index in [9.17, 15) is 14.7 Å². The van der Waals surface area contributed by atoms with Crippen molar-refractivity contribution >= 4 is 11.9 Å². The number of unbranched alkanes of at least 4 members (excludes halogenated alkanes) is 3. The maximum absolute atomic E-state index is 12.6. The molecule has 2 atom stereocenters. The highest BCUT2D eigenvalue weighted by molar-refractivity contribution is 6.00. The van der Waals surface area contributed by atoms with Crippen LogP contribution in [0.15, 0.2) is 24.3 Å². The first-order valence-electron chi connectivity index (χ1n) is 7.70. The molecule has 0 saturated heterocycles. The van der Waals surface area contributed by atoms with Gasteiger partial charge in [0.1, 0.15) is 5.92 Å². The van der Waals surface area contributed by atoms with Gasteiger partial charge in [0, 0.05) is 18.2 Å². The third-order valence-electron chi connectivity index (χ3n) is 4.28.